The number of hydrogen-bond donors (Lipinski definition) is 0. The van der Waals surface area contributed by atoms with E-state index in [1.807, 2.05) is 13.8 Å². The predicted molar refractivity (Wildman–Crippen MR) is 131 cm³/mol. The van der Waals surface area contributed by atoms with Gasteiger partial charge in [-0.2, -0.15) is 16.8 Å². The van der Waals surface area contributed by atoms with Gasteiger partial charge in [-0.15, -0.1) is 0 Å². The van der Waals surface area contributed by atoms with Crippen LogP contribution in [-0.2, 0) is 28.6 Å². The van der Waals surface area contributed by atoms with Crippen LogP contribution in [0.1, 0.15) is 54.4 Å². The molecule has 0 N–H and O–H groups in total. The lowest BCUT2D eigenvalue weighted by Crippen LogP contribution is -2.33. The van der Waals surface area contributed by atoms with E-state index < -0.39 is 36.4 Å². The van der Waals surface area contributed by atoms with Crippen molar-refractivity contribution in [3.05, 3.63) is 0 Å². The summed E-state index contributed by atoms with van der Waals surface area (Å²) in [6, 6.07) is 4.82. The normalized spacial score (nSPS) is 31.7. The SMILES string of the molecule is CC[Si](C)(CC)C1CC1(C)OS(C)(=O)=O.CC[Si](C)(CC)C1CC1(C)OS(C)(=O)=O. The zero-order valence-electron chi connectivity index (χ0n) is 20.7. The Bertz CT molecular complexity index is 737. The van der Waals surface area contributed by atoms with E-state index >= 15 is 0 Å². The standard InChI is InChI=1S/2C10H22O3SSi/c2*1-6-15(5,7-2)9-8-10(9,3)13-14(4,11)12/h2*9H,6-8H2,1-5H3. The number of hydrogen-bond acceptors (Lipinski definition) is 6. The zero-order chi connectivity index (χ0) is 23.8. The van der Waals surface area contributed by atoms with Gasteiger partial charge >= 0.3 is 0 Å². The second-order valence-corrected chi connectivity index (χ2v) is 24.4. The van der Waals surface area contributed by atoms with Gasteiger partial charge in [0.2, 0.25) is 0 Å². The van der Waals surface area contributed by atoms with Crippen molar-refractivity contribution in [2.75, 3.05) is 12.5 Å². The van der Waals surface area contributed by atoms with Crippen molar-refractivity contribution in [3.63, 3.8) is 0 Å². The van der Waals surface area contributed by atoms with Crippen molar-refractivity contribution in [2.45, 2.75) is 114 Å². The van der Waals surface area contributed by atoms with Gasteiger partial charge in [-0.1, -0.05) is 65.0 Å². The Morgan fingerprint density at radius 3 is 1.10 bits per heavy atom. The van der Waals surface area contributed by atoms with Crippen LogP contribution in [0, 0.1) is 0 Å². The highest BCUT2D eigenvalue weighted by molar-refractivity contribution is 7.86. The molecule has 0 spiro atoms. The van der Waals surface area contributed by atoms with E-state index in [-0.39, 0.29) is 11.2 Å². The molecule has 10 heteroatoms. The molecule has 0 aromatic heterocycles. The molecule has 0 aromatic carbocycles. The highest BCUT2D eigenvalue weighted by Crippen LogP contribution is 2.61. The fourth-order valence-corrected chi connectivity index (χ4v) is 14.8. The summed E-state index contributed by atoms with van der Waals surface area (Å²) in [6.45, 7) is 17.5. The summed E-state index contributed by atoms with van der Waals surface area (Å²) in [5, 5.41) is 0. The first-order valence-electron chi connectivity index (χ1n) is 11.1. The lowest BCUT2D eigenvalue weighted by atomic mass is 10.4. The van der Waals surface area contributed by atoms with Crippen molar-refractivity contribution in [2.24, 2.45) is 0 Å². The molecule has 0 radical (unpaired) electrons. The third-order valence-corrected chi connectivity index (χ3v) is 20.8. The van der Waals surface area contributed by atoms with Crippen molar-refractivity contribution in [3.8, 4) is 0 Å². The first-order valence-corrected chi connectivity index (χ1v) is 20.8. The maximum atomic E-state index is 11.1. The molecule has 0 amide bonds. The highest BCUT2D eigenvalue weighted by atomic mass is 32.2. The van der Waals surface area contributed by atoms with Gasteiger partial charge in [-0.3, -0.25) is 8.37 Å². The Balaban J connectivity index is 0.000000300. The molecule has 0 aliphatic heterocycles. The molecule has 4 unspecified atom stereocenters. The molecule has 180 valence electrons. The van der Waals surface area contributed by atoms with Crippen LogP contribution in [0.2, 0.25) is 48.4 Å². The van der Waals surface area contributed by atoms with E-state index in [0.29, 0.717) is 11.1 Å². The Hall–Kier alpha value is 0.254. The molecular formula is C20H44O6S2Si2. The largest absolute Gasteiger partial charge is 0.264 e. The van der Waals surface area contributed by atoms with Crippen molar-refractivity contribution < 1.29 is 25.2 Å². The maximum Gasteiger partial charge on any atom is 0.264 e. The van der Waals surface area contributed by atoms with Crippen LogP contribution in [0.4, 0.5) is 0 Å². The maximum absolute atomic E-state index is 11.1. The molecule has 2 aliphatic rings. The summed E-state index contributed by atoms with van der Waals surface area (Å²) in [7, 11) is -9.19. The molecule has 0 aromatic rings. The predicted octanol–water partition coefficient (Wildman–Crippen LogP) is 5.23. The third-order valence-electron chi connectivity index (χ3n) is 7.97. The summed E-state index contributed by atoms with van der Waals surface area (Å²) >= 11 is 0. The molecule has 4 atom stereocenters. The van der Waals surface area contributed by atoms with Gasteiger partial charge in [0.1, 0.15) is 0 Å². The van der Waals surface area contributed by atoms with Crippen molar-refractivity contribution >= 4 is 36.4 Å². The van der Waals surface area contributed by atoms with Crippen LogP contribution in [0.5, 0.6) is 0 Å². The second kappa shape index (κ2) is 9.25. The smallest absolute Gasteiger partial charge is 0.264 e. The van der Waals surface area contributed by atoms with E-state index in [9.17, 15) is 16.8 Å². The molecule has 0 heterocycles. The van der Waals surface area contributed by atoms with E-state index in [1.165, 1.54) is 24.2 Å². The summed E-state index contributed by atoms with van der Waals surface area (Å²) < 4.78 is 54.9. The monoisotopic (exact) mass is 500 g/mol. The van der Waals surface area contributed by atoms with E-state index in [4.69, 9.17) is 8.37 Å². The Kier molecular flexibility index (Phi) is 8.72. The molecule has 2 rings (SSSR count). The molecule has 0 saturated heterocycles. The average molecular weight is 501 g/mol. The van der Waals surface area contributed by atoms with Gasteiger partial charge in [0.25, 0.3) is 20.2 Å². The molecule has 6 nitrogen and oxygen atoms in total. The van der Waals surface area contributed by atoms with Crippen molar-refractivity contribution in [1.29, 1.82) is 0 Å². The first kappa shape index (κ1) is 28.3. The Morgan fingerprint density at radius 1 is 0.700 bits per heavy atom. The average Bonchev–Trinajstić information content (AvgIpc) is 3.46. The van der Waals surface area contributed by atoms with Gasteiger partial charge in [0.15, 0.2) is 0 Å². The summed E-state index contributed by atoms with van der Waals surface area (Å²) in [6.07, 6.45) is 4.13. The van der Waals surface area contributed by atoms with Crippen LogP contribution >= 0.6 is 0 Å². The fourth-order valence-electron chi connectivity index (χ4n) is 5.02. The summed E-state index contributed by atoms with van der Waals surface area (Å²) in [5.41, 5.74) is 0.241. The third kappa shape index (κ3) is 7.13. The van der Waals surface area contributed by atoms with Gasteiger partial charge in [-0.25, -0.2) is 0 Å². The quantitative estimate of drug-likeness (QED) is 0.302. The zero-order valence-corrected chi connectivity index (χ0v) is 24.3. The molecule has 2 fully saturated rings. The topological polar surface area (TPSA) is 86.7 Å². The number of rotatable bonds is 10. The Labute approximate surface area is 187 Å². The molecule has 0 bridgehead atoms. The lowest BCUT2D eigenvalue weighted by Gasteiger charge is -2.26. The van der Waals surface area contributed by atoms with Gasteiger partial charge in [0.05, 0.1) is 39.9 Å². The van der Waals surface area contributed by atoms with Gasteiger partial charge in [-0.05, 0) is 37.8 Å². The fraction of sp³-hybridized carbons (Fsp3) is 1.00. The Morgan fingerprint density at radius 2 is 0.933 bits per heavy atom. The lowest BCUT2D eigenvalue weighted by molar-refractivity contribution is 0.208. The minimum absolute atomic E-state index is 0.388. The van der Waals surface area contributed by atoms with E-state index in [1.54, 1.807) is 0 Å². The second-order valence-electron chi connectivity index (χ2n) is 10.4. The minimum atomic E-state index is -3.31. The highest BCUT2D eigenvalue weighted by Gasteiger charge is 2.62. The molecule has 2 saturated carbocycles. The van der Waals surface area contributed by atoms with Gasteiger partial charge < -0.3 is 0 Å². The summed E-state index contributed by atoms with van der Waals surface area (Å²) in [4.78, 5) is 0. The minimum Gasteiger partial charge on any atom is -0.264 e. The van der Waals surface area contributed by atoms with Gasteiger partial charge in [0, 0.05) is 0 Å². The summed E-state index contributed by atoms with van der Waals surface area (Å²) in [5.74, 6) is 0. The van der Waals surface area contributed by atoms with Crippen LogP contribution in [0.25, 0.3) is 0 Å². The van der Waals surface area contributed by atoms with Crippen LogP contribution in [-0.4, -0.2) is 56.7 Å². The van der Waals surface area contributed by atoms with Crippen molar-refractivity contribution in [1.82, 2.24) is 0 Å². The van der Waals surface area contributed by atoms with E-state index in [0.717, 1.165) is 25.4 Å². The van der Waals surface area contributed by atoms with Crippen LogP contribution in [0.3, 0.4) is 0 Å². The van der Waals surface area contributed by atoms with E-state index in [2.05, 4.69) is 40.8 Å². The first-order chi connectivity index (χ1) is 13.3. The molecule has 30 heavy (non-hydrogen) atoms. The molecular weight excluding hydrogens is 457 g/mol. The molecule has 2 aliphatic carbocycles. The van der Waals surface area contributed by atoms with Crippen LogP contribution < -0.4 is 0 Å². The van der Waals surface area contributed by atoms with Crippen LogP contribution in [0.15, 0.2) is 0 Å².